The molecule has 1 aromatic carbocycles. The number of esters is 1. The zero-order valence-electron chi connectivity index (χ0n) is 18.3. The Morgan fingerprint density at radius 1 is 1.15 bits per heavy atom. The lowest BCUT2D eigenvalue weighted by molar-refractivity contribution is -0.899. The summed E-state index contributed by atoms with van der Waals surface area (Å²) in [6.45, 7) is 3.02. The number of halogens is 2. The van der Waals surface area contributed by atoms with Gasteiger partial charge < -0.3 is 31.5 Å². The number of carbonyl (C=O) groups is 1. The van der Waals surface area contributed by atoms with Crippen molar-refractivity contribution in [3.63, 3.8) is 0 Å². The number of likely N-dealkylation sites (tertiary alicyclic amines) is 1. The van der Waals surface area contributed by atoms with Crippen LogP contribution in [0.25, 0.3) is 0 Å². The van der Waals surface area contributed by atoms with Crippen LogP contribution in [-0.4, -0.2) is 55.0 Å². The minimum Gasteiger partial charge on any atom is -1.00 e. The van der Waals surface area contributed by atoms with Crippen molar-refractivity contribution in [3.05, 3.63) is 74.9 Å². The van der Waals surface area contributed by atoms with Gasteiger partial charge in [-0.1, -0.05) is 12.1 Å². The summed E-state index contributed by atoms with van der Waals surface area (Å²) >= 11 is 2.69. The van der Waals surface area contributed by atoms with Gasteiger partial charge in [-0.05, 0) is 47.2 Å². The number of hydrogen-bond acceptors (Lipinski definition) is 6. The van der Waals surface area contributed by atoms with Crippen LogP contribution in [0.5, 0.6) is 5.75 Å². The number of ether oxygens (including phenoxy) is 2. The molecule has 0 amide bonds. The third kappa shape index (κ3) is 5.94. The second-order valence-corrected chi connectivity index (χ2v) is 10.3. The lowest BCUT2D eigenvalue weighted by Gasteiger charge is -2.30. The van der Waals surface area contributed by atoms with Gasteiger partial charge in [0.2, 0.25) is 5.60 Å². The van der Waals surface area contributed by atoms with Gasteiger partial charge >= 0.3 is 5.97 Å². The lowest BCUT2D eigenvalue weighted by Crippen LogP contribution is -3.00. The zero-order valence-corrected chi connectivity index (χ0v) is 20.7. The number of hydrogen-bond donors (Lipinski definition) is 1. The molecule has 1 aliphatic heterocycles. The highest BCUT2D eigenvalue weighted by Crippen LogP contribution is 2.37. The topological polar surface area (TPSA) is 55.8 Å². The van der Waals surface area contributed by atoms with Crippen molar-refractivity contribution >= 4 is 28.6 Å². The number of likely N-dealkylation sites (N-methyl/N-ethyl adjacent to an activating group) is 1. The molecule has 3 aromatic rings. The molecule has 0 radical (unpaired) electrons. The standard InChI is InChI=1S/C24H27FNO4S2.ClH/c1-26(12-4-14-29-19-9-7-18(25)8-10-19)13-11-20(17-26)30-23(27)24(28,21-5-2-15-31-21)22-6-3-16-32-22;/h2-3,5-10,15-16,20,28H,4,11-14,17H2,1H3;1H/q+1;/p-1. The van der Waals surface area contributed by atoms with Gasteiger partial charge in [0.15, 0.2) is 6.10 Å². The first-order valence-corrected chi connectivity index (χ1v) is 12.4. The number of rotatable bonds is 9. The Labute approximate surface area is 207 Å². The predicted octanol–water partition coefficient (Wildman–Crippen LogP) is 1.42. The summed E-state index contributed by atoms with van der Waals surface area (Å²) < 4.78 is 25.3. The molecule has 0 aliphatic carbocycles. The molecule has 1 aliphatic rings. The molecule has 2 atom stereocenters. The van der Waals surface area contributed by atoms with E-state index in [1.165, 1.54) is 34.8 Å². The van der Waals surface area contributed by atoms with Crippen LogP contribution >= 0.6 is 22.7 Å². The molecule has 0 spiro atoms. The van der Waals surface area contributed by atoms with Crippen molar-refractivity contribution in [2.75, 3.05) is 33.3 Å². The molecule has 9 heteroatoms. The van der Waals surface area contributed by atoms with Crippen LogP contribution in [0.1, 0.15) is 22.6 Å². The van der Waals surface area contributed by atoms with Crippen LogP contribution in [0.3, 0.4) is 0 Å². The number of carbonyl (C=O) groups excluding carboxylic acids is 1. The maximum absolute atomic E-state index is 13.2. The SMILES string of the molecule is C[N+]1(CCCOc2ccc(F)cc2)CCC(OC(=O)C(O)(c2cccs2)c2cccs2)C1.[Cl-]. The van der Waals surface area contributed by atoms with Crippen molar-refractivity contribution < 1.29 is 40.7 Å². The number of aliphatic hydroxyl groups is 1. The molecule has 3 heterocycles. The summed E-state index contributed by atoms with van der Waals surface area (Å²) in [5.41, 5.74) is -1.77. The van der Waals surface area contributed by atoms with Gasteiger partial charge in [-0.3, -0.25) is 0 Å². The van der Waals surface area contributed by atoms with Gasteiger partial charge in [-0.25, -0.2) is 9.18 Å². The molecule has 4 rings (SSSR count). The Morgan fingerprint density at radius 2 is 1.79 bits per heavy atom. The fraction of sp³-hybridized carbons (Fsp3) is 0.375. The molecular formula is C24H27ClFNO4S2. The third-order valence-corrected chi connectivity index (χ3v) is 7.84. The van der Waals surface area contributed by atoms with E-state index in [0.29, 0.717) is 28.7 Å². The van der Waals surface area contributed by atoms with E-state index >= 15 is 0 Å². The molecule has 0 bridgehead atoms. The Morgan fingerprint density at radius 3 is 2.36 bits per heavy atom. The van der Waals surface area contributed by atoms with E-state index in [2.05, 4.69) is 7.05 Å². The average Bonchev–Trinajstić information content (AvgIpc) is 3.55. The summed E-state index contributed by atoms with van der Waals surface area (Å²) in [7, 11) is 2.15. The van der Waals surface area contributed by atoms with E-state index in [4.69, 9.17) is 9.47 Å². The molecule has 1 saturated heterocycles. The molecule has 33 heavy (non-hydrogen) atoms. The molecule has 1 N–H and O–H groups in total. The van der Waals surface area contributed by atoms with Gasteiger partial charge in [0.05, 0.1) is 36.5 Å². The smallest absolute Gasteiger partial charge is 0.349 e. The minimum atomic E-state index is -1.77. The van der Waals surface area contributed by atoms with Crippen molar-refractivity contribution in [1.82, 2.24) is 0 Å². The fourth-order valence-corrected chi connectivity index (χ4v) is 5.84. The van der Waals surface area contributed by atoms with Gasteiger partial charge in [0.25, 0.3) is 0 Å². The highest BCUT2D eigenvalue weighted by Gasteiger charge is 2.46. The number of thiophene rings is 2. The molecular weight excluding hydrogens is 485 g/mol. The van der Waals surface area contributed by atoms with Crippen LogP contribution in [0, 0.1) is 5.82 Å². The summed E-state index contributed by atoms with van der Waals surface area (Å²) in [6.07, 6.45) is 1.35. The van der Waals surface area contributed by atoms with Crippen LogP contribution in [0.2, 0.25) is 0 Å². The maximum Gasteiger partial charge on any atom is 0.349 e. The normalized spacial score (nSPS) is 20.3. The van der Waals surface area contributed by atoms with E-state index in [1.807, 2.05) is 22.9 Å². The summed E-state index contributed by atoms with van der Waals surface area (Å²) in [6, 6.07) is 13.2. The van der Waals surface area contributed by atoms with Crippen molar-refractivity contribution in [1.29, 1.82) is 0 Å². The highest BCUT2D eigenvalue weighted by atomic mass is 35.5. The third-order valence-electron chi connectivity index (χ3n) is 5.88. The summed E-state index contributed by atoms with van der Waals surface area (Å²) in [4.78, 5) is 14.3. The Hall–Kier alpha value is -1.97. The first-order valence-electron chi connectivity index (χ1n) is 10.6. The average molecular weight is 512 g/mol. The van der Waals surface area contributed by atoms with E-state index in [9.17, 15) is 14.3 Å². The molecule has 2 aromatic heterocycles. The monoisotopic (exact) mass is 511 g/mol. The van der Waals surface area contributed by atoms with E-state index in [0.717, 1.165) is 30.4 Å². The first-order chi connectivity index (χ1) is 15.4. The van der Waals surface area contributed by atoms with Crippen molar-refractivity contribution in [2.24, 2.45) is 0 Å². The zero-order chi connectivity index (χ0) is 22.6. The number of benzene rings is 1. The van der Waals surface area contributed by atoms with Crippen molar-refractivity contribution in [3.8, 4) is 5.75 Å². The Kier molecular flexibility index (Phi) is 8.53. The Balaban J connectivity index is 0.00000306. The highest BCUT2D eigenvalue weighted by molar-refractivity contribution is 7.12. The van der Waals surface area contributed by atoms with Crippen molar-refractivity contribution in [2.45, 2.75) is 24.5 Å². The summed E-state index contributed by atoms with van der Waals surface area (Å²) in [5, 5.41) is 15.1. The van der Waals surface area contributed by atoms with E-state index in [1.54, 1.807) is 24.3 Å². The Bertz CT molecular complexity index is 980. The second kappa shape index (κ2) is 11.0. The van der Waals surface area contributed by atoms with Crippen LogP contribution in [-0.2, 0) is 15.1 Å². The van der Waals surface area contributed by atoms with Crippen LogP contribution < -0.4 is 17.1 Å². The van der Waals surface area contributed by atoms with Gasteiger partial charge in [0, 0.05) is 12.8 Å². The number of nitrogens with zero attached hydrogens (tertiary/aromatic N) is 1. The molecule has 0 saturated carbocycles. The van der Waals surface area contributed by atoms with E-state index in [-0.39, 0.29) is 24.3 Å². The maximum atomic E-state index is 13.2. The summed E-state index contributed by atoms with van der Waals surface area (Å²) in [5.74, 6) is -0.234. The van der Waals surface area contributed by atoms with E-state index < -0.39 is 11.6 Å². The quantitative estimate of drug-likeness (QED) is 0.268. The second-order valence-electron chi connectivity index (χ2n) is 8.39. The molecule has 178 valence electrons. The first kappa shape index (κ1) is 25.6. The minimum absolute atomic E-state index is 0. The molecule has 5 nitrogen and oxygen atoms in total. The van der Waals surface area contributed by atoms with Crippen LogP contribution in [0.4, 0.5) is 4.39 Å². The van der Waals surface area contributed by atoms with Gasteiger partial charge in [-0.15, -0.1) is 22.7 Å². The fourth-order valence-electron chi connectivity index (χ4n) is 4.12. The van der Waals surface area contributed by atoms with Gasteiger partial charge in [0.1, 0.15) is 18.1 Å². The molecule has 1 fully saturated rings. The van der Waals surface area contributed by atoms with Gasteiger partial charge in [-0.2, -0.15) is 0 Å². The lowest BCUT2D eigenvalue weighted by atomic mass is 10.00. The largest absolute Gasteiger partial charge is 1.00 e. The number of quaternary nitrogens is 1. The molecule has 2 unspecified atom stereocenters. The predicted molar refractivity (Wildman–Crippen MR) is 123 cm³/mol. The van der Waals surface area contributed by atoms with Crippen LogP contribution in [0.15, 0.2) is 59.3 Å².